The average Bonchev–Trinajstić information content (AvgIpc) is 3.13. The van der Waals surface area contributed by atoms with E-state index in [1.54, 1.807) is 6.08 Å². The molecule has 56 heavy (non-hydrogen) atoms. The monoisotopic (exact) mass is 842 g/mol. The first-order chi connectivity index (χ1) is 26.5. The topological polar surface area (TPSA) is 236 Å². The quantitative estimate of drug-likeness (QED) is 0.0154. The SMILES string of the molecule is CCCCC/C=C\C/C=C\C/C=C\CC(O)C(O)CCCC(=O)OC[C@H](COP(=O)(O)OC[C@@H](O)COP(=O)(O)O)OC(=O)CCCCCCCCCC(C)C. The van der Waals surface area contributed by atoms with Crippen molar-refractivity contribution in [3.8, 4) is 0 Å². The molecule has 0 heterocycles. The van der Waals surface area contributed by atoms with Crippen LogP contribution < -0.4 is 0 Å². The van der Waals surface area contributed by atoms with E-state index in [4.69, 9.17) is 23.8 Å². The van der Waals surface area contributed by atoms with Gasteiger partial charge in [-0.15, -0.1) is 0 Å². The van der Waals surface area contributed by atoms with Gasteiger partial charge in [0.25, 0.3) is 0 Å². The van der Waals surface area contributed by atoms with Crippen LogP contribution in [0.4, 0.5) is 0 Å². The fourth-order valence-electron chi connectivity index (χ4n) is 5.16. The molecule has 0 saturated heterocycles. The minimum atomic E-state index is -4.89. The molecular weight excluding hydrogens is 770 g/mol. The van der Waals surface area contributed by atoms with Crippen molar-refractivity contribution in [2.75, 3.05) is 26.4 Å². The molecule has 0 aromatic heterocycles. The molecule has 0 rings (SSSR count). The largest absolute Gasteiger partial charge is 0.472 e. The normalized spacial score (nSPS) is 15.8. The van der Waals surface area contributed by atoms with Crippen LogP contribution >= 0.6 is 15.6 Å². The summed E-state index contributed by atoms with van der Waals surface area (Å²) in [5, 5.41) is 30.3. The number of phosphoric acid groups is 2. The predicted molar refractivity (Wildman–Crippen MR) is 214 cm³/mol. The number of hydrogen-bond donors (Lipinski definition) is 6. The first kappa shape index (κ1) is 54.3. The lowest BCUT2D eigenvalue weighted by atomic mass is 10.0. The molecule has 15 nitrogen and oxygen atoms in total. The van der Waals surface area contributed by atoms with Crippen LogP contribution in [-0.2, 0) is 41.8 Å². The van der Waals surface area contributed by atoms with Crippen molar-refractivity contribution in [1.29, 1.82) is 0 Å². The van der Waals surface area contributed by atoms with E-state index in [-0.39, 0.29) is 32.1 Å². The van der Waals surface area contributed by atoms with Crippen LogP contribution in [0.5, 0.6) is 0 Å². The van der Waals surface area contributed by atoms with Crippen LogP contribution in [0.1, 0.15) is 143 Å². The summed E-state index contributed by atoms with van der Waals surface area (Å²) in [6.45, 7) is 3.59. The molecule has 0 amide bonds. The van der Waals surface area contributed by atoms with E-state index in [2.05, 4.69) is 48.0 Å². The van der Waals surface area contributed by atoms with Crippen molar-refractivity contribution >= 4 is 27.6 Å². The Morgan fingerprint density at radius 1 is 0.607 bits per heavy atom. The third kappa shape index (κ3) is 36.6. The van der Waals surface area contributed by atoms with Gasteiger partial charge in [0.05, 0.1) is 32.0 Å². The van der Waals surface area contributed by atoms with Crippen LogP contribution in [-0.4, -0.2) is 92.8 Å². The van der Waals surface area contributed by atoms with Gasteiger partial charge in [-0.3, -0.25) is 23.2 Å². The standard InChI is InChI=1S/C39H72O15P2/c1-4-5-6-7-8-9-10-11-12-15-18-21-25-36(41)37(42)26-23-28-38(43)50-31-35(32-53-56(48,49)52-30-34(40)29-51-55(45,46)47)54-39(44)27-22-19-16-13-14-17-20-24-33(2)3/h8-9,11-12,18,21,33-37,40-42H,4-7,10,13-17,19-20,22-32H2,1-3H3,(H,48,49)(H2,45,46,47)/b9-8-,12-11-,21-18-/t34-,35+,36?,37?/m0/s1. The summed E-state index contributed by atoms with van der Waals surface area (Å²) in [5.41, 5.74) is 0. The molecule has 0 aliphatic rings. The fourth-order valence-corrected chi connectivity index (χ4v) is 6.32. The smallest absolute Gasteiger partial charge is 0.462 e. The van der Waals surface area contributed by atoms with Gasteiger partial charge in [-0.1, -0.05) is 115 Å². The van der Waals surface area contributed by atoms with Gasteiger partial charge in [-0.25, -0.2) is 9.13 Å². The molecular formula is C39H72O15P2. The summed E-state index contributed by atoms with van der Waals surface area (Å²) in [4.78, 5) is 52.5. The maximum atomic E-state index is 12.6. The zero-order valence-electron chi connectivity index (χ0n) is 33.9. The summed E-state index contributed by atoms with van der Waals surface area (Å²) in [5.74, 6) is -0.628. The Bertz CT molecular complexity index is 1190. The molecule has 17 heteroatoms. The van der Waals surface area contributed by atoms with E-state index in [1.165, 1.54) is 38.5 Å². The molecule has 0 aromatic rings. The lowest BCUT2D eigenvalue weighted by Crippen LogP contribution is -2.30. The Kier molecular flexibility index (Phi) is 33.1. The number of aliphatic hydroxyl groups is 3. The molecule has 6 N–H and O–H groups in total. The minimum absolute atomic E-state index is 0.0692. The molecule has 0 radical (unpaired) electrons. The Morgan fingerprint density at radius 2 is 1.18 bits per heavy atom. The third-order valence-electron chi connectivity index (χ3n) is 8.40. The number of aliphatic hydroxyl groups excluding tert-OH is 3. The van der Waals surface area contributed by atoms with Gasteiger partial charge < -0.3 is 39.5 Å². The lowest BCUT2D eigenvalue weighted by molar-refractivity contribution is -0.161. The van der Waals surface area contributed by atoms with Crippen LogP contribution in [0.25, 0.3) is 0 Å². The predicted octanol–water partition coefficient (Wildman–Crippen LogP) is 7.52. The Hall–Kier alpha value is -1.74. The summed E-state index contributed by atoms with van der Waals surface area (Å²) in [6.07, 6.45) is 22.1. The van der Waals surface area contributed by atoms with E-state index in [1.807, 2.05) is 12.2 Å². The number of esters is 2. The van der Waals surface area contributed by atoms with Gasteiger partial charge in [-0.2, -0.15) is 0 Å². The lowest BCUT2D eigenvalue weighted by Gasteiger charge is -2.20. The first-order valence-corrected chi connectivity index (χ1v) is 23.2. The van der Waals surface area contributed by atoms with Crippen molar-refractivity contribution in [3.63, 3.8) is 0 Å². The van der Waals surface area contributed by atoms with Gasteiger partial charge in [-0.05, 0) is 57.3 Å². The maximum Gasteiger partial charge on any atom is 0.472 e. The van der Waals surface area contributed by atoms with Gasteiger partial charge >= 0.3 is 27.6 Å². The molecule has 0 fully saturated rings. The van der Waals surface area contributed by atoms with Crippen molar-refractivity contribution in [3.05, 3.63) is 36.5 Å². The number of ether oxygens (including phenoxy) is 2. The number of allylic oxidation sites excluding steroid dienone is 5. The fraction of sp³-hybridized carbons (Fsp3) is 0.795. The number of rotatable bonds is 37. The average molecular weight is 843 g/mol. The second-order valence-electron chi connectivity index (χ2n) is 14.3. The molecule has 0 bridgehead atoms. The molecule has 0 aliphatic heterocycles. The molecule has 3 unspecified atom stereocenters. The number of phosphoric ester groups is 2. The zero-order chi connectivity index (χ0) is 42.1. The van der Waals surface area contributed by atoms with Crippen molar-refractivity contribution in [1.82, 2.24) is 0 Å². The van der Waals surface area contributed by atoms with Gasteiger partial charge in [0.1, 0.15) is 12.7 Å². The molecule has 5 atom stereocenters. The first-order valence-electron chi connectivity index (χ1n) is 20.2. The van der Waals surface area contributed by atoms with Crippen LogP contribution in [0.2, 0.25) is 0 Å². The van der Waals surface area contributed by atoms with Crippen molar-refractivity contribution < 1.29 is 71.8 Å². The number of carbonyl (C=O) groups is 2. The second kappa shape index (κ2) is 34.2. The Morgan fingerprint density at radius 3 is 1.82 bits per heavy atom. The minimum Gasteiger partial charge on any atom is -0.462 e. The Labute approximate surface area is 334 Å². The number of hydrogen-bond acceptors (Lipinski definition) is 12. The van der Waals surface area contributed by atoms with Crippen LogP contribution in [0, 0.1) is 5.92 Å². The highest BCUT2D eigenvalue weighted by molar-refractivity contribution is 7.47. The van der Waals surface area contributed by atoms with E-state index >= 15 is 0 Å². The summed E-state index contributed by atoms with van der Waals surface area (Å²) >= 11 is 0. The zero-order valence-corrected chi connectivity index (χ0v) is 35.7. The highest BCUT2D eigenvalue weighted by Crippen LogP contribution is 2.43. The maximum absolute atomic E-state index is 12.6. The molecule has 328 valence electrons. The highest BCUT2D eigenvalue weighted by Gasteiger charge is 2.28. The van der Waals surface area contributed by atoms with Gasteiger partial charge in [0.15, 0.2) is 6.10 Å². The number of carbonyl (C=O) groups excluding carboxylic acids is 2. The summed E-state index contributed by atoms with van der Waals surface area (Å²) in [6, 6.07) is 0. The summed E-state index contributed by atoms with van der Waals surface area (Å²) < 4.78 is 47.4. The molecule has 0 saturated carbocycles. The van der Waals surface area contributed by atoms with E-state index in [9.17, 15) is 38.9 Å². The summed E-state index contributed by atoms with van der Waals surface area (Å²) in [7, 11) is -9.76. The molecule has 0 aliphatic carbocycles. The van der Waals surface area contributed by atoms with Crippen molar-refractivity contribution in [2.45, 2.75) is 167 Å². The van der Waals surface area contributed by atoms with Gasteiger partial charge in [0, 0.05) is 12.8 Å². The Balaban J connectivity index is 4.77. The van der Waals surface area contributed by atoms with E-state index in [0.29, 0.717) is 18.8 Å². The van der Waals surface area contributed by atoms with Crippen molar-refractivity contribution in [2.24, 2.45) is 5.92 Å². The van der Waals surface area contributed by atoms with Crippen LogP contribution in [0.3, 0.4) is 0 Å². The number of unbranched alkanes of at least 4 members (excludes halogenated alkanes) is 9. The van der Waals surface area contributed by atoms with E-state index in [0.717, 1.165) is 38.5 Å². The second-order valence-corrected chi connectivity index (χ2v) is 17.0. The third-order valence-corrected chi connectivity index (χ3v) is 9.84. The highest BCUT2D eigenvalue weighted by atomic mass is 31.2. The molecule has 0 spiro atoms. The van der Waals surface area contributed by atoms with Crippen LogP contribution in [0.15, 0.2) is 36.5 Å². The van der Waals surface area contributed by atoms with E-state index < -0.39 is 78.4 Å². The molecule has 0 aromatic carbocycles. The van der Waals surface area contributed by atoms with Gasteiger partial charge in [0.2, 0.25) is 0 Å².